The Morgan fingerprint density at radius 3 is 2.26 bits per heavy atom. The van der Waals surface area contributed by atoms with Crippen LogP contribution in [-0.4, -0.2) is 24.5 Å². The highest BCUT2D eigenvalue weighted by Crippen LogP contribution is 2.25. The number of rotatable bonds is 5. The summed E-state index contributed by atoms with van der Waals surface area (Å²) in [5, 5.41) is 19.1. The Bertz CT molecular complexity index is 1190. The summed E-state index contributed by atoms with van der Waals surface area (Å²) < 4.78 is 5.28. The SMILES string of the molecule is COc1ccc2cc(C(=N)c3cc(C(=N)N=C(N)CC(C)(C)C)ccc3N)ccc2c1. The number of nitrogens with one attached hydrogen (secondary N) is 2. The number of hydrogen-bond donors (Lipinski definition) is 4. The fourth-order valence-electron chi connectivity index (χ4n) is 3.37. The molecule has 160 valence electrons. The fourth-order valence-corrected chi connectivity index (χ4v) is 3.37. The lowest BCUT2D eigenvalue weighted by Crippen LogP contribution is -2.22. The number of fused-ring (bicyclic) bond motifs is 1. The van der Waals surface area contributed by atoms with Crippen molar-refractivity contribution in [3.05, 3.63) is 71.3 Å². The molecule has 0 aliphatic rings. The van der Waals surface area contributed by atoms with E-state index in [0.29, 0.717) is 29.1 Å². The van der Waals surface area contributed by atoms with Gasteiger partial charge in [0.05, 0.1) is 12.8 Å². The molecule has 0 heterocycles. The summed E-state index contributed by atoms with van der Waals surface area (Å²) in [5.41, 5.74) is 14.8. The van der Waals surface area contributed by atoms with E-state index in [9.17, 15) is 0 Å². The quantitative estimate of drug-likeness (QED) is 0.267. The molecule has 6 nitrogen and oxygen atoms in total. The number of ether oxygens (including phenoxy) is 1. The molecule has 0 aromatic heterocycles. The smallest absolute Gasteiger partial charge is 0.153 e. The Kier molecular flexibility index (Phi) is 6.11. The predicted octanol–water partition coefficient (Wildman–Crippen LogP) is 4.97. The molecule has 3 rings (SSSR count). The van der Waals surface area contributed by atoms with Gasteiger partial charge in [-0.3, -0.25) is 10.8 Å². The van der Waals surface area contributed by atoms with Crippen molar-refractivity contribution < 1.29 is 4.74 Å². The second-order valence-corrected chi connectivity index (χ2v) is 8.79. The predicted molar refractivity (Wildman–Crippen MR) is 130 cm³/mol. The maximum atomic E-state index is 8.73. The maximum Gasteiger partial charge on any atom is 0.153 e. The first-order valence-corrected chi connectivity index (χ1v) is 10.1. The largest absolute Gasteiger partial charge is 0.497 e. The van der Waals surface area contributed by atoms with E-state index >= 15 is 0 Å². The normalized spacial score (nSPS) is 12.1. The number of nitrogens with two attached hydrogens (primary N) is 2. The second-order valence-electron chi connectivity index (χ2n) is 8.79. The zero-order chi connectivity index (χ0) is 22.8. The topological polar surface area (TPSA) is 121 Å². The zero-order valence-electron chi connectivity index (χ0n) is 18.4. The molecule has 0 spiro atoms. The van der Waals surface area contributed by atoms with E-state index in [4.69, 9.17) is 27.0 Å². The molecular weight excluding hydrogens is 386 g/mol. The first-order chi connectivity index (χ1) is 14.6. The summed E-state index contributed by atoms with van der Waals surface area (Å²) in [6, 6.07) is 16.8. The van der Waals surface area contributed by atoms with E-state index in [1.165, 1.54) is 0 Å². The molecule has 0 saturated heterocycles. The van der Waals surface area contributed by atoms with Crippen molar-refractivity contribution in [1.82, 2.24) is 0 Å². The van der Waals surface area contributed by atoms with Gasteiger partial charge in [-0.1, -0.05) is 39.0 Å². The van der Waals surface area contributed by atoms with Gasteiger partial charge in [0.25, 0.3) is 0 Å². The molecule has 3 aromatic rings. The molecule has 0 aliphatic carbocycles. The molecule has 6 N–H and O–H groups in total. The van der Waals surface area contributed by atoms with Gasteiger partial charge in [-0.2, -0.15) is 0 Å². The molecule has 0 radical (unpaired) electrons. The van der Waals surface area contributed by atoms with Crippen LogP contribution in [0.25, 0.3) is 10.8 Å². The van der Waals surface area contributed by atoms with Gasteiger partial charge < -0.3 is 16.2 Å². The Hall–Kier alpha value is -3.67. The van der Waals surface area contributed by atoms with Gasteiger partial charge in [0.1, 0.15) is 11.6 Å². The van der Waals surface area contributed by atoms with Crippen LogP contribution in [0, 0.1) is 16.2 Å². The van der Waals surface area contributed by atoms with Crippen molar-refractivity contribution in [3.8, 4) is 5.75 Å². The van der Waals surface area contributed by atoms with Crippen molar-refractivity contribution in [3.63, 3.8) is 0 Å². The standard InChI is InChI=1S/C25H29N5O/c1-25(2,3)14-22(27)30-24(29)18-8-10-21(26)20(13-18)23(28)17-6-5-16-12-19(31-4)9-7-15(16)11-17/h5-13,28H,14,26H2,1-4H3,(H3,27,29,30). The van der Waals surface area contributed by atoms with Crippen molar-refractivity contribution in [2.24, 2.45) is 16.1 Å². The number of nitrogens with zero attached hydrogens (tertiary/aromatic N) is 1. The van der Waals surface area contributed by atoms with Gasteiger partial charge in [0.15, 0.2) is 5.84 Å². The van der Waals surface area contributed by atoms with Gasteiger partial charge in [-0.15, -0.1) is 0 Å². The van der Waals surface area contributed by atoms with Gasteiger partial charge in [0.2, 0.25) is 0 Å². The molecule has 0 fully saturated rings. The summed E-state index contributed by atoms with van der Waals surface area (Å²) in [6.45, 7) is 6.21. The van der Waals surface area contributed by atoms with Crippen molar-refractivity contribution in [2.45, 2.75) is 27.2 Å². The third-order valence-electron chi connectivity index (χ3n) is 4.90. The molecule has 0 saturated carbocycles. The van der Waals surface area contributed by atoms with E-state index in [1.807, 2.05) is 36.4 Å². The molecule has 0 aliphatic heterocycles. The maximum absolute atomic E-state index is 8.73. The summed E-state index contributed by atoms with van der Waals surface area (Å²) in [7, 11) is 1.64. The van der Waals surface area contributed by atoms with Crippen LogP contribution in [0.3, 0.4) is 0 Å². The molecule has 0 unspecified atom stereocenters. The summed E-state index contributed by atoms with van der Waals surface area (Å²) in [6.07, 6.45) is 0.592. The molecular formula is C25H29N5O. The van der Waals surface area contributed by atoms with E-state index in [1.54, 1.807) is 25.3 Å². The number of methoxy groups -OCH3 is 1. The van der Waals surface area contributed by atoms with Crippen LogP contribution in [0.15, 0.2) is 59.6 Å². The van der Waals surface area contributed by atoms with Gasteiger partial charge >= 0.3 is 0 Å². The number of nitrogen functional groups attached to an aromatic ring is 1. The lowest BCUT2D eigenvalue weighted by molar-refractivity contribution is 0.415. The highest BCUT2D eigenvalue weighted by molar-refractivity contribution is 6.16. The molecule has 0 atom stereocenters. The number of amidine groups is 2. The second kappa shape index (κ2) is 8.60. The molecule has 3 aromatic carbocycles. The Morgan fingerprint density at radius 2 is 1.58 bits per heavy atom. The van der Waals surface area contributed by atoms with E-state index in [-0.39, 0.29) is 17.0 Å². The first kappa shape index (κ1) is 22.0. The van der Waals surface area contributed by atoms with Crippen LogP contribution in [0.1, 0.15) is 43.9 Å². The first-order valence-electron chi connectivity index (χ1n) is 10.1. The average Bonchev–Trinajstić information content (AvgIpc) is 2.71. The number of benzene rings is 3. The van der Waals surface area contributed by atoms with Crippen molar-refractivity contribution in [2.75, 3.05) is 12.8 Å². The lowest BCUT2D eigenvalue weighted by Gasteiger charge is -2.17. The van der Waals surface area contributed by atoms with Crippen LogP contribution in [0.2, 0.25) is 0 Å². The minimum atomic E-state index is -0.0115. The summed E-state index contributed by atoms with van der Waals surface area (Å²) >= 11 is 0. The minimum absolute atomic E-state index is 0.0115. The van der Waals surface area contributed by atoms with Gasteiger partial charge in [-0.05, 0) is 52.6 Å². The van der Waals surface area contributed by atoms with Crippen molar-refractivity contribution >= 4 is 33.8 Å². The average molecular weight is 416 g/mol. The lowest BCUT2D eigenvalue weighted by atomic mass is 9.92. The Morgan fingerprint density at radius 1 is 0.935 bits per heavy atom. The highest BCUT2D eigenvalue weighted by atomic mass is 16.5. The zero-order valence-corrected chi connectivity index (χ0v) is 18.4. The third kappa shape index (κ3) is 5.28. The molecule has 6 heteroatoms. The number of hydrogen-bond acceptors (Lipinski definition) is 4. The number of aliphatic imine (C=N–C) groups is 1. The van der Waals surface area contributed by atoms with E-state index < -0.39 is 0 Å². The van der Waals surface area contributed by atoms with Gasteiger partial charge in [0, 0.05) is 28.8 Å². The van der Waals surface area contributed by atoms with Gasteiger partial charge in [-0.25, -0.2) is 4.99 Å². The Labute approximate surface area is 183 Å². The summed E-state index contributed by atoms with van der Waals surface area (Å²) in [5.74, 6) is 1.26. The van der Waals surface area contributed by atoms with Crippen LogP contribution in [0.5, 0.6) is 5.75 Å². The van der Waals surface area contributed by atoms with Crippen LogP contribution in [-0.2, 0) is 0 Å². The number of anilines is 1. The van der Waals surface area contributed by atoms with Crippen LogP contribution in [0.4, 0.5) is 5.69 Å². The molecule has 31 heavy (non-hydrogen) atoms. The van der Waals surface area contributed by atoms with Crippen LogP contribution >= 0.6 is 0 Å². The summed E-state index contributed by atoms with van der Waals surface area (Å²) in [4.78, 5) is 4.25. The van der Waals surface area contributed by atoms with Crippen LogP contribution < -0.4 is 16.2 Å². The third-order valence-corrected chi connectivity index (χ3v) is 4.90. The molecule has 0 amide bonds. The highest BCUT2D eigenvalue weighted by Gasteiger charge is 2.15. The van der Waals surface area contributed by atoms with E-state index in [0.717, 1.165) is 22.1 Å². The monoisotopic (exact) mass is 415 g/mol. The molecule has 0 bridgehead atoms. The Balaban J connectivity index is 1.92. The minimum Gasteiger partial charge on any atom is -0.497 e. The van der Waals surface area contributed by atoms with E-state index in [2.05, 4.69) is 25.8 Å². The fraction of sp³-hybridized carbons (Fsp3) is 0.240. The van der Waals surface area contributed by atoms with Crippen molar-refractivity contribution in [1.29, 1.82) is 10.8 Å².